The SMILES string of the molecule is C=CCCC(C)Nc1cc(OC)c(OC)cc1C. The average Bonchev–Trinajstić information content (AvgIpc) is 2.38. The molecule has 1 atom stereocenters. The van der Waals surface area contributed by atoms with Gasteiger partial charge in [0.15, 0.2) is 11.5 Å². The van der Waals surface area contributed by atoms with E-state index >= 15 is 0 Å². The first-order valence-electron chi connectivity index (χ1n) is 6.22. The van der Waals surface area contributed by atoms with Gasteiger partial charge in [-0.15, -0.1) is 6.58 Å². The van der Waals surface area contributed by atoms with Crippen LogP contribution >= 0.6 is 0 Å². The van der Waals surface area contributed by atoms with Gasteiger partial charge in [0.1, 0.15) is 0 Å². The summed E-state index contributed by atoms with van der Waals surface area (Å²) in [5.41, 5.74) is 2.24. The summed E-state index contributed by atoms with van der Waals surface area (Å²) in [6, 6.07) is 4.37. The van der Waals surface area contributed by atoms with Crippen LogP contribution in [-0.2, 0) is 0 Å². The summed E-state index contributed by atoms with van der Waals surface area (Å²) < 4.78 is 10.6. The zero-order valence-corrected chi connectivity index (χ0v) is 11.7. The summed E-state index contributed by atoms with van der Waals surface area (Å²) in [5.74, 6) is 1.51. The molecule has 3 heteroatoms. The van der Waals surface area contributed by atoms with Crippen LogP contribution in [0.4, 0.5) is 5.69 Å². The van der Waals surface area contributed by atoms with Crippen LogP contribution in [-0.4, -0.2) is 20.3 Å². The number of ether oxygens (including phenoxy) is 2. The summed E-state index contributed by atoms with van der Waals surface area (Å²) in [7, 11) is 3.30. The van der Waals surface area contributed by atoms with Gasteiger partial charge in [-0.25, -0.2) is 0 Å². The van der Waals surface area contributed by atoms with Gasteiger partial charge in [0.25, 0.3) is 0 Å². The van der Waals surface area contributed by atoms with E-state index in [1.54, 1.807) is 14.2 Å². The highest BCUT2D eigenvalue weighted by molar-refractivity contribution is 5.60. The van der Waals surface area contributed by atoms with Gasteiger partial charge in [0.2, 0.25) is 0 Å². The summed E-state index contributed by atoms with van der Waals surface area (Å²) in [6.07, 6.45) is 4.03. The maximum atomic E-state index is 5.31. The maximum absolute atomic E-state index is 5.31. The van der Waals surface area contributed by atoms with E-state index < -0.39 is 0 Å². The van der Waals surface area contributed by atoms with E-state index in [1.807, 2.05) is 18.2 Å². The third-order valence-corrected chi connectivity index (χ3v) is 2.94. The highest BCUT2D eigenvalue weighted by Crippen LogP contribution is 2.33. The molecule has 3 nitrogen and oxygen atoms in total. The second-order valence-corrected chi connectivity index (χ2v) is 4.43. The van der Waals surface area contributed by atoms with Gasteiger partial charge in [-0.05, 0) is 38.3 Å². The van der Waals surface area contributed by atoms with Crippen molar-refractivity contribution in [2.24, 2.45) is 0 Å². The molecule has 1 rings (SSSR count). The topological polar surface area (TPSA) is 30.5 Å². The lowest BCUT2D eigenvalue weighted by molar-refractivity contribution is 0.355. The molecule has 1 unspecified atom stereocenters. The van der Waals surface area contributed by atoms with Gasteiger partial charge in [0.05, 0.1) is 14.2 Å². The first kappa shape index (κ1) is 14.4. The van der Waals surface area contributed by atoms with Gasteiger partial charge in [-0.2, -0.15) is 0 Å². The minimum Gasteiger partial charge on any atom is -0.493 e. The molecule has 0 amide bonds. The zero-order valence-electron chi connectivity index (χ0n) is 11.7. The van der Waals surface area contributed by atoms with E-state index in [0.717, 1.165) is 35.6 Å². The molecule has 0 aliphatic rings. The molecule has 0 saturated heterocycles. The molecule has 0 radical (unpaired) electrons. The van der Waals surface area contributed by atoms with Crippen molar-refractivity contribution in [3.05, 3.63) is 30.4 Å². The Morgan fingerprint density at radius 1 is 1.28 bits per heavy atom. The van der Waals surface area contributed by atoms with Crippen molar-refractivity contribution in [3.63, 3.8) is 0 Å². The summed E-state index contributed by atoms with van der Waals surface area (Å²) in [5, 5.41) is 3.49. The van der Waals surface area contributed by atoms with Crippen LogP contribution in [0.25, 0.3) is 0 Å². The minimum absolute atomic E-state index is 0.403. The van der Waals surface area contributed by atoms with Crippen molar-refractivity contribution in [2.45, 2.75) is 32.7 Å². The minimum atomic E-state index is 0.403. The Balaban J connectivity index is 2.85. The second-order valence-electron chi connectivity index (χ2n) is 4.43. The van der Waals surface area contributed by atoms with Crippen LogP contribution in [0.1, 0.15) is 25.3 Å². The standard InChI is InChI=1S/C15H23NO2/c1-6-7-8-12(3)16-13-10-15(18-5)14(17-4)9-11(13)2/h6,9-10,12,16H,1,7-8H2,2-5H3. The molecule has 0 saturated carbocycles. The fraction of sp³-hybridized carbons (Fsp3) is 0.467. The lowest BCUT2D eigenvalue weighted by Gasteiger charge is -2.18. The number of allylic oxidation sites excluding steroid dienone is 1. The maximum Gasteiger partial charge on any atom is 0.162 e. The normalized spacial score (nSPS) is 11.8. The molecular weight excluding hydrogens is 226 g/mol. The molecular formula is C15H23NO2. The van der Waals surface area contributed by atoms with Crippen molar-refractivity contribution < 1.29 is 9.47 Å². The van der Waals surface area contributed by atoms with E-state index in [1.165, 1.54) is 0 Å². The number of hydrogen-bond acceptors (Lipinski definition) is 3. The van der Waals surface area contributed by atoms with Crippen LogP contribution in [0.3, 0.4) is 0 Å². The number of anilines is 1. The molecule has 0 bridgehead atoms. The Labute approximate surface area is 110 Å². The number of rotatable bonds is 7. The van der Waals surface area contributed by atoms with Crippen molar-refractivity contribution in [1.82, 2.24) is 0 Å². The average molecular weight is 249 g/mol. The Hall–Kier alpha value is -1.64. The Bertz CT molecular complexity index is 402. The number of methoxy groups -OCH3 is 2. The highest BCUT2D eigenvalue weighted by atomic mass is 16.5. The van der Waals surface area contributed by atoms with Gasteiger partial charge >= 0.3 is 0 Å². The molecule has 100 valence electrons. The first-order chi connectivity index (χ1) is 8.62. The van der Waals surface area contributed by atoms with Crippen LogP contribution in [0.15, 0.2) is 24.8 Å². The van der Waals surface area contributed by atoms with Gasteiger partial charge in [0, 0.05) is 17.8 Å². The van der Waals surface area contributed by atoms with Crippen LogP contribution in [0.5, 0.6) is 11.5 Å². The van der Waals surface area contributed by atoms with Crippen molar-refractivity contribution in [3.8, 4) is 11.5 Å². The monoisotopic (exact) mass is 249 g/mol. The molecule has 0 aliphatic heterocycles. The van der Waals surface area contributed by atoms with Gasteiger partial charge in [-0.1, -0.05) is 6.08 Å². The van der Waals surface area contributed by atoms with E-state index in [2.05, 4.69) is 25.7 Å². The predicted octanol–water partition coefficient (Wildman–Crippen LogP) is 3.78. The van der Waals surface area contributed by atoms with E-state index in [0.29, 0.717) is 6.04 Å². The fourth-order valence-electron chi connectivity index (χ4n) is 1.84. The van der Waals surface area contributed by atoms with Crippen molar-refractivity contribution in [2.75, 3.05) is 19.5 Å². The first-order valence-corrected chi connectivity index (χ1v) is 6.22. The molecule has 1 aromatic rings. The van der Waals surface area contributed by atoms with Gasteiger partial charge in [-0.3, -0.25) is 0 Å². The second kappa shape index (κ2) is 6.94. The lowest BCUT2D eigenvalue weighted by atomic mass is 10.1. The Kier molecular flexibility index (Phi) is 5.56. The third-order valence-electron chi connectivity index (χ3n) is 2.94. The summed E-state index contributed by atoms with van der Waals surface area (Å²) in [6.45, 7) is 7.97. The Morgan fingerprint density at radius 3 is 2.44 bits per heavy atom. The lowest BCUT2D eigenvalue weighted by Crippen LogP contribution is -2.15. The molecule has 0 fully saturated rings. The van der Waals surface area contributed by atoms with E-state index in [9.17, 15) is 0 Å². The Morgan fingerprint density at radius 2 is 1.89 bits per heavy atom. The third kappa shape index (κ3) is 3.69. The van der Waals surface area contributed by atoms with Crippen LogP contribution in [0, 0.1) is 6.92 Å². The molecule has 0 aromatic heterocycles. The molecule has 1 aromatic carbocycles. The van der Waals surface area contributed by atoms with Crippen molar-refractivity contribution >= 4 is 5.69 Å². The molecule has 0 spiro atoms. The van der Waals surface area contributed by atoms with Crippen molar-refractivity contribution in [1.29, 1.82) is 0 Å². The van der Waals surface area contributed by atoms with Crippen LogP contribution in [0.2, 0.25) is 0 Å². The number of nitrogens with one attached hydrogen (secondary N) is 1. The van der Waals surface area contributed by atoms with Gasteiger partial charge < -0.3 is 14.8 Å². The van der Waals surface area contributed by atoms with Crippen LogP contribution < -0.4 is 14.8 Å². The highest BCUT2D eigenvalue weighted by Gasteiger charge is 2.10. The zero-order chi connectivity index (χ0) is 13.5. The molecule has 0 aliphatic carbocycles. The summed E-state index contributed by atoms with van der Waals surface area (Å²) in [4.78, 5) is 0. The smallest absolute Gasteiger partial charge is 0.162 e. The molecule has 0 heterocycles. The number of benzene rings is 1. The predicted molar refractivity (Wildman–Crippen MR) is 76.8 cm³/mol. The molecule has 18 heavy (non-hydrogen) atoms. The quantitative estimate of drug-likeness (QED) is 0.746. The summed E-state index contributed by atoms with van der Waals surface area (Å²) >= 11 is 0. The largest absolute Gasteiger partial charge is 0.493 e. The van der Waals surface area contributed by atoms with E-state index in [4.69, 9.17) is 9.47 Å². The molecule has 1 N–H and O–H groups in total. The number of hydrogen-bond donors (Lipinski definition) is 1. The van der Waals surface area contributed by atoms with E-state index in [-0.39, 0.29) is 0 Å². The number of aryl methyl sites for hydroxylation is 1. The fourth-order valence-corrected chi connectivity index (χ4v) is 1.84.